The second kappa shape index (κ2) is 9.65. The van der Waals surface area contributed by atoms with Crippen LogP contribution in [0.1, 0.15) is 31.9 Å². The van der Waals surface area contributed by atoms with E-state index < -0.39 is 6.10 Å². The quantitative estimate of drug-likeness (QED) is 0.732. The molecule has 5 nitrogen and oxygen atoms in total. The minimum Gasteiger partial charge on any atom is -0.389 e. The zero-order valence-corrected chi connectivity index (χ0v) is 14.9. The molecule has 0 aliphatic heterocycles. The first kappa shape index (κ1) is 19.6. The van der Waals surface area contributed by atoms with Crippen LogP contribution in [0, 0.1) is 13.8 Å². The topological polar surface area (TPSA) is 61.8 Å². The third-order valence-electron chi connectivity index (χ3n) is 3.65. The molecule has 130 valence electrons. The highest BCUT2D eigenvalue weighted by Gasteiger charge is 2.15. The van der Waals surface area contributed by atoms with Gasteiger partial charge in [0.15, 0.2) is 0 Å². The van der Waals surface area contributed by atoms with Gasteiger partial charge in [-0.25, -0.2) is 0 Å². The van der Waals surface area contributed by atoms with E-state index in [1.165, 1.54) is 0 Å². The van der Waals surface area contributed by atoms with Gasteiger partial charge >= 0.3 is 0 Å². The Morgan fingerprint density at radius 2 is 1.91 bits per heavy atom. The average molecular weight is 322 g/mol. The van der Waals surface area contributed by atoms with Crippen LogP contribution in [-0.4, -0.2) is 54.4 Å². The van der Waals surface area contributed by atoms with Gasteiger partial charge in [-0.1, -0.05) is 25.1 Å². The number of benzene rings is 1. The van der Waals surface area contributed by atoms with E-state index in [2.05, 4.69) is 5.32 Å². The normalized spacial score (nSPS) is 12.7. The lowest BCUT2D eigenvalue weighted by molar-refractivity contribution is -0.117. The number of rotatable bonds is 9. The molecule has 0 bridgehead atoms. The molecule has 0 radical (unpaired) electrons. The number of aliphatic hydroxyl groups excluding tert-OH is 1. The van der Waals surface area contributed by atoms with Crippen molar-refractivity contribution in [2.45, 2.75) is 46.8 Å². The summed E-state index contributed by atoms with van der Waals surface area (Å²) >= 11 is 0. The first-order valence-electron chi connectivity index (χ1n) is 8.21. The fourth-order valence-electron chi connectivity index (χ4n) is 2.35. The summed E-state index contributed by atoms with van der Waals surface area (Å²) in [4.78, 5) is 14.2. The van der Waals surface area contributed by atoms with E-state index in [9.17, 15) is 9.90 Å². The minimum atomic E-state index is -0.592. The van der Waals surface area contributed by atoms with Crippen LogP contribution >= 0.6 is 0 Å². The van der Waals surface area contributed by atoms with Gasteiger partial charge in [0.2, 0.25) is 5.91 Å². The van der Waals surface area contributed by atoms with E-state index >= 15 is 0 Å². The highest BCUT2D eigenvalue weighted by molar-refractivity contribution is 5.93. The Morgan fingerprint density at radius 1 is 1.30 bits per heavy atom. The Kier molecular flexibility index (Phi) is 8.23. The Hall–Kier alpha value is -1.43. The molecule has 5 heteroatoms. The fraction of sp³-hybridized carbons (Fsp3) is 0.611. The predicted octanol–water partition coefficient (Wildman–Crippen LogP) is 2.35. The first-order valence-corrected chi connectivity index (χ1v) is 8.21. The van der Waals surface area contributed by atoms with Crippen molar-refractivity contribution in [3.63, 3.8) is 0 Å². The van der Waals surface area contributed by atoms with E-state index in [0.717, 1.165) is 16.8 Å². The Labute approximate surface area is 139 Å². The monoisotopic (exact) mass is 322 g/mol. The first-order chi connectivity index (χ1) is 10.8. The van der Waals surface area contributed by atoms with Gasteiger partial charge in [0.25, 0.3) is 0 Å². The number of nitrogens with zero attached hydrogens (tertiary/aromatic N) is 1. The Bertz CT molecular complexity index is 483. The molecule has 1 unspecified atom stereocenters. The summed E-state index contributed by atoms with van der Waals surface area (Å²) in [6, 6.07) is 5.93. The minimum absolute atomic E-state index is 0.0683. The molecule has 2 N–H and O–H groups in total. The molecule has 0 heterocycles. The smallest absolute Gasteiger partial charge is 0.238 e. The summed E-state index contributed by atoms with van der Waals surface area (Å²) in [5, 5.41) is 13.0. The molecule has 0 aliphatic carbocycles. The van der Waals surface area contributed by atoms with Crippen molar-refractivity contribution in [1.29, 1.82) is 0 Å². The number of anilines is 1. The zero-order chi connectivity index (χ0) is 17.4. The standard InChI is InChI=1S/C18H30N2O3/c1-6-20(10-16(21)12-23-13(2)3)11-17(22)19-18-14(4)8-7-9-15(18)5/h7-9,13,16,21H,6,10-12H2,1-5H3,(H,19,22). The molecular weight excluding hydrogens is 292 g/mol. The molecule has 1 aromatic carbocycles. The number of carbonyl (C=O) groups excluding carboxylic acids is 1. The summed E-state index contributed by atoms with van der Waals surface area (Å²) in [5.41, 5.74) is 2.97. The van der Waals surface area contributed by atoms with E-state index in [1.54, 1.807) is 0 Å². The van der Waals surface area contributed by atoms with Crippen molar-refractivity contribution in [3.8, 4) is 0 Å². The van der Waals surface area contributed by atoms with Crippen LogP contribution in [0.15, 0.2) is 18.2 Å². The molecule has 0 aromatic heterocycles. The second-order valence-corrected chi connectivity index (χ2v) is 6.18. The van der Waals surface area contributed by atoms with Crippen LogP contribution in [0.3, 0.4) is 0 Å². The van der Waals surface area contributed by atoms with Gasteiger partial charge in [0, 0.05) is 12.2 Å². The van der Waals surface area contributed by atoms with Gasteiger partial charge in [-0.15, -0.1) is 0 Å². The van der Waals surface area contributed by atoms with E-state index in [1.807, 2.05) is 57.7 Å². The SMILES string of the molecule is CCN(CC(=O)Nc1c(C)cccc1C)CC(O)COC(C)C. The molecule has 1 aromatic rings. The third-order valence-corrected chi connectivity index (χ3v) is 3.65. The van der Waals surface area contributed by atoms with Crippen molar-refractivity contribution in [2.24, 2.45) is 0 Å². The molecule has 0 spiro atoms. The number of aliphatic hydroxyl groups is 1. The van der Waals surface area contributed by atoms with Crippen molar-refractivity contribution in [1.82, 2.24) is 4.90 Å². The maximum absolute atomic E-state index is 12.3. The van der Waals surface area contributed by atoms with Crippen LogP contribution in [0.2, 0.25) is 0 Å². The van der Waals surface area contributed by atoms with Gasteiger partial charge in [0.1, 0.15) is 0 Å². The molecule has 0 fully saturated rings. The number of hydrogen-bond donors (Lipinski definition) is 2. The average Bonchev–Trinajstić information content (AvgIpc) is 2.48. The summed E-state index contributed by atoms with van der Waals surface area (Å²) in [5.74, 6) is -0.0683. The van der Waals surface area contributed by atoms with E-state index in [-0.39, 0.29) is 25.2 Å². The van der Waals surface area contributed by atoms with Crippen LogP contribution in [0.4, 0.5) is 5.69 Å². The number of nitrogens with one attached hydrogen (secondary N) is 1. The van der Waals surface area contributed by atoms with Crippen molar-refractivity contribution >= 4 is 11.6 Å². The van der Waals surface area contributed by atoms with E-state index in [4.69, 9.17) is 4.74 Å². The summed E-state index contributed by atoms with van der Waals surface area (Å²) in [6.07, 6.45) is -0.502. The number of hydrogen-bond acceptors (Lipinski definition) is 4. The third kappa shape index (κ3) is 7.12. The van der Waals surface area contributed by atoms with Gasteiger partial charge in [0.05, 0.1) is 25.4 Å². The Morgan fingerprint density at radius 3 is 2.43 bits per heavy atom. The van der Waals surface area contributed by atoms with Crippen molar-refractivity contribution in [3.05, 3.63) is 29.3 Å². The number of carbonyl (C=O) groups is 1. The molecule has 1 rings (SSSR count). The van der Waals surface area contributed by atoms with E-state index in [0.29, 0.717) is 13.1 Å². The molecule has 1 amide bonds. The van der Waals surface area contributed by atoms with Crippen LogP contribution in [0.5, 0.6) is 0 Å². The summed E-state index contributed by atoms with van der Waals surface area (Å²) < 4.78 is 5.40. The van der Waals surface area contributed by atoms with Gasteiger partial charge < -0.3 is 15.2 Å². The molecule has 0 saturated carbocycles. The molecule has 0 saturated heterocycles. The fourth-order valence-corrected chi connectivity index (χ4v) is 2.35. The van der Waals surface area contributed by atoms with Gasteiger partial charge in [-0.05, 0) is 45.4 Å². The molecular formula is C18H30N2O3. The summed E-state index contributed by atoms with van der Waals surface area (Å²) in [7, 11) is 0. The van der Waals surface area contributed by atoms with Crippen LogP contribution in [-0.2, 0) is 9.53 Å². The number of aryl methyl sites for hydroxylation is 2. The second-order valence-electron chi connectivity index (χ2n) is 6.18. The molecule has 23 heavy (non-hydrogen) atoms. The summed E-state index contributed by atoms with van der Waals surface area (Å²) in [6.45, 7) is 11.4. The lowest BCUT2D eigenvalue weighted by atomic mass is 10.1. The Balaban J connectivity index is 2.53. The largest absolute Gasteiger partial charge is 0.389 e. The maximum atomic E-state index is 12.3. The number of amides is 1. The highest BCUT2D eigenvalue weighted by Crippen LogP contribution is 2.19. The lowest BCUT2D eigenvalue weighted by Crippen LogP contribution is -2.40. The number of likely N-dealkylation sites (N-methyl/N-ethyl adjacent to an activating group) is 1. The highest BCUT2D eigenvalue weighted by atomic mass is 16.5. The molecule has 1 atom stereocenters. The lowest BCUT2D eigenvalue weighted by Gasteiger charge is -2.24. The van der Waals surface area contributed by atoms with Crippen LogP contribution in [0.25, 0.3) is 0 Å². The zero-order valence-electron chi connectivity index (χ0n) is 14.9. The van der Waals surface area contributed by atoms with Gasteiger partial charge in [-0.2, -0.15) is 0 Å². The molecule has 0 aliphatic rings. The van der Waals surface area contributed by atoms with Gasteiger partial charge in [-0.3, -0.25) is 9.69 Å². The number of para-hydroxylation sites is 1. The van der Waals surface area contributed by atoms with Crippen molar-refractivity contribution < 1.29 is 14.6 Å². The maximum Gasteiger partial charge on any atom is 0.238 e. The van der Waals surface area contributed by atoms with Crippen molar-refractivity contribution in [2.75, 3.05) is 31.6 Å². The predicted molar refractivity (Wildman–Crippen MR) is 93.8 cm³/mol. The number of ether oxygens (including phenoxy) is 1. The van der Waals surface area contributed by atoms with Crippen LogP contribution < -0.4 is 5.32 Å².